The normalized spacial score (nSPS) is 12.4. The fraction of sp³-hybridized carbons (Fsp3) is 0.200. The molecule has 0 bridgehead atoms. The van der Waals surface area contributed by atoms with Crippen LogP contribution in [-0.2, 0) is 6.42 Å². The van der Waals surface area contributed by atoms with E-state index < -0.39 is 0 Å². The predicted octanol–water partition coefficient (Wildman–Crippen LogP) is 5.37. The molecule has 1 N–H and O–H groups in total. The van der Waals surface area contributed by atoms with E-state index in [1.54, 1.807) is 0 Å². The predicted molar refractivity (Wildman–Crippen MR) is 88.8 cm³/mol. The van der Waals surface area contributed by atoms with Crippen molar-refractivity contribution in [2.75, 3.05) is 7.05 Å². The Morgan fingerprint density at radius 1 is 1.05 bits per heavy atom. The Morgan fingerprint density at radius 2 is 1.68 bits per heavy atom. The molecular weight excluding hydrogens is 389 g/mol. The van der Waals surface area contributed by atoms with Gasteiger partial charge in [-0.1, -0.05) is 61.7 Å². The number of hydrogen-bond acceptors (Lipinski definition) is 1. The van der Waals surface area contributed by atoms with Crippen molar-refractivity contribution in [3.05, 3.63) is 67.6 Å². The highest BCUT2D eigenvalue weighted by molar-refractivity contribution is 9.10. The minimum absolute atomic E-state index is 0.256. The van der Waals surface area contributed by atoms with E-state index in [1.165, 1.54) is 5.56 Å². The Balaban J connectivity index is 2.21. The summed E-state index contributed by atoms with van der Waals surface area (Å²) in [6.45, 7) is 0. The van der Waals surface area contributed by atoms with E-state index in [2.05, 4.69) is 67.5 Å². The maximum Gasteiger partial charge on any atom is 0.0449 e. The van der Waals surface area contributed by atoms with Crippen LogP contribution in [0.2, 0.25) is 5.02 Å². The van der Waals surface area contributed by atoms with Gasteiger partial charge in [-0.15, -0.1) is 0 Å². The van der Waals surface area contributed by atoms with Crippen molar-refractivity contribution in [3.8, 4) is 0 Å². The van der Waals surface area contributed by atoms with Gasteiger partial charge in [0.1, 0.15) is 0 Å². The lowest BCUT2D eigenvalue weighted by atomic mass is 9.99. The van der Waals surface area contributed by atoms with Crippen molar-refractivity contribution in [3.63, 3.8) is 0 Å². The van der Waals surface area contributed by atoms with Crippen LogP contribution in [-0.4, -0.2) is 7.05 Å². The first-order chi connectivity index (χ1) is 9.10. The summed E-state index contributed by atoms with van der Waals surface area (Å²) >= 11 is 13.2. The van der Waals surface area contributed by atoms with Crippen LogP contribution in [0, 0.1) is 0 Å². The fourth-order valence-corrected chi connectivity index (χ4v) is 3.00. The van der Waals surface area contributed by atoms with Crippen LogP contribution in [0.15, 0.2) is 51.4 Å². The standard InChI is InChI=1S/C15H14Br2ClN/c1-19-15(10-2-5-12(16)6-3-10)8-11-4-7-13(17)9-14(11)18/h2-7,9,15,19H,8H2,1H3. The van der Waals surface area contributed by atoms with Crippen LogP contribution in [0.5, 0.6) is 0 Å². The molecule has 0 spiro atoms. The summed E-state index contributed by atoms with van der Waals surface area (Å²) in [5, 5.41) is 4.14. The Kier molecular flexibility index (Phi) is 5.46. The molecule has 0 saturated heterocycles. The Labute approximate surface area is 135 Å². The second-order valence-electron chi connectivity index (χ2n) is 4.33. The Hall–Kier alpha value is -0.350. The van der Waals surface area contributed by atoms with Crippen LogP contribution in [0.3, 0.4) is 0 Å². The lowest BCUT2D eigenvalue weighted by molar-refractivity contribution is 0.592. The molecule has 1 atom stereocenters. The van der Waals surface area contributed by atoms with Gasteiger partial charge in [-0.05, 0) is 48.9 Å². The molecule has 2 rings (SSSR count). The summed E-state index contributed by atoms with van der Waals surface area (Å²) in [5.41, 5.74) is 2.40. The molecule has 2 aromatic rings. The van der Waals surface area contributed by atoms with E-state index in [0.29, 0.717) is 0 Å². The van der Waals surface area contributed by atoms with Crippen LogP contribution in [0.4, 0.5) is 0 Å². The van der Waals surface area contributed by atoms with Crippen molar-refractivity contribution < 1.29 is 0 Å². The van der Waals surface area contributed by atoms with Crippen molar-refractivity contribution >= 4 is 43.5 Å². The smallest absolute Gasteiger partial charge is 0.0449 e. The molecule has 0 saturated carbocycles. The van der Waals surface area contributed by atoms with E-state index in [9.17, 15) is 0 Å². The van der Waals surface area contributed by atoms with Crippen LogP contribution in [0.25, 0.3) is 0 Å². The summed E-state index contributed by atoms with van der Waals surface area (Å²) < 4.78 is 2.10. The van der Waals surface area contributed by atoms with Crippen molar-refractivity contribution in [2.45, 2.75) is 12.5 Å². The first-order valence-corrected chi connectivity index (χ1v) is 7.93. The van der Waals surface area contributed by atoms with E-state index in [-0.39, 0.29) is 6.04 Å². The topological polar surface area (TPSA) is 12.0 Å². The Morgan fingerprint density at radius 3 is 2.26 bits per heavy atom. The van der Waals surface area contributed by atoms with E-state index in [1.807, 2.05) is 19.2 Å². The average molecular weight is 404 g/mol. The zero-order chi connectivity index (χ0) is 13.8. The van der Waals surface area contributed by atoms with Gasteiger partial charge in [0.25, 0.3) is 0 Å². The van der Waals surface area contributed by atoms with Gasteiger partial charge in [-0.3, -0.25) is 0 Å². The molecule has 100 valence electrons. The van der Waals surface area contributed by atoms with Gasteiger partial charge < -0.3 is 5.32 Å². The van der Waals surface area contributed by atoms with Crippen molar-refractivity contribution in [1.82, 2.24) is 5.32 Å². The van der Waals surface area contributed by atoms with Crippen molar-refractivity contribution in [1.29, 1.82) is 0 Å². The summed E-state index contributed by atoms with van der Waals surface area (Å²) in [4.78, 5) is 0. The number of benzene rings is 2. The molecule has 0 aliphatic carbocycles. The molecule has 0 fully saturated rings. The van der Waals surface area contributed by atoms with Gasteiger partial charge in [0.15, 0.2) is 0 Å². The molecular formula is C15H14Br2ClN. The molecule has 4 heteroatoms. The maximum atomic E-state index is 6.28. The van der Waals surface area contributed by atoms with Crippen LogP contribution >= 0.6 is 43.5 Å². The molecule has 1 nitrogen and oxygen atoms in total. The summed E-state index contributed by atoms with van der Waals surface area (Å²) in [7, 11) is 1.97. The lowest BCUT2D eigenvalue weighted by Gasteiger charge is -2.17. The summed E-state index contributed by atoms with van der Waals surface area (Å²) in [6.07, 6.45) is 0.865. The molecule has 0 aliphatic heterocycles. The minimum Gasteiger partial charge on any atom is -0.313 e. The monoisotopic (exact) mass is 401 g/mol. The number of likely N-dealkylation sites (N-methyl/N-ethyl adjacent to an activating group) is 1. The molecule has 0 amide bonds. The Bertz CT molecular complexity index is 555. The number of rotatable bonds is 4. The van der Waals surface area contributed by atoms with Gasteiger partial charge in [0.05, 0.1) is 0 Å². The summed E-state index contributed by atoms with van der Waals surface area (Å²) in [5.74, 6) is 0. The molecule has 1 unspecified atom stereocenters. The molecule has 0 radical (unpaired) electrons. The first kappa shape index (κ1) is 15.0. The van der Waals surface area contributed by atoms with Gasteiger partial charge in [0.2, 0.25) is 0 Å². The highest BCUT2D eigenvalue weighted by Crippen LogP contribution is 2.26. The van der Waals surface area contributed by atoms with Gasteiger partial charge in [-0.2, -0.15) is 0 Å². The maximum absolute atomic E-state index is 6.28. The minimum atomic E-state index is 0.256. The number of hydrogen-bond donors (Lipinski definition) is 1. The van der Waals surface area contributed by atoms with E-state index in [0.717, 1.165) is 26.0 Å². The molecule has 0 aromatic heterocycles. The fourth-order valence-electron chi connectivity index (χ4n) is 1.99. The first-order valence-electron chi connectivity index (χ1n) is 5.97. The highest BCUT2D eigenvalue weighted by atomic mass is 79.9. The van der Waals surface area contributed by atoms with Gasteiger partial charge in [-0.25, -0.2) is 0 Å². The molecule has 2 aromatic carbocycles. The molecule has 19 heavy (non-hydrogen) atoms. The van der Waals surface area contributed by atoms with Gasteiger partial charge in [0, 0.05) is 20.0 Å². The second-order valence-corrected chi connectivity index (χ2v) is 6.57. The third-order valence-corrected chi connectivity index (χ3v) is 4.43. The number of halogens is 3. The highest BCUT2D eigenvalue weighted by Gasteiger charge is 2.12. The average Bonchev–Trinajstić information content (AvgIpc) is 2.39. The zero-order valence-corrected chi connectivity index (χ0v) is 14.4. The lowest BCUT2D eigenvalue weighted by Crippen LogP contribution is -2.18. The molecule has 0 heterocycles. The van der Waals surface area contributed by atoms with E-state index >= 15 is 0 Å². The van der Waals surface area contributed by atoms with Crippen molar-refractivity contribution in [2.24, 2.45) is 0 Å². The van der Waals surface area contributed by atoms with E-state index in [4.69, 9.17) is 11.6 Å². The van der Waals surface area contributed by atoms with Crippen LogP contribution in [0.1, 0.15) is 17.2 Å². The number of nitrogens with one attached hydrogen (secondary N) is 1. The van der Waals surface area contributed by atoms with Crippen LogP contribution < -0.4 is 5.32 Å². The third kappa shape index (κ3) is 4.06. The largest absolute Gasteiger partial charge is 0.313 e. The zero-order valence-electron chi connectivity index (χ0n) is 10.5. The summed E-state index contributed by atoms with van der Waals surface area (Å²) in [6, 6.07) is 14.6. The van der Waals surface area contributed by atoms with Gasteiger partial charge >= 0.3 is 0 Å². The SMILES string of the molecule is CNC(Cc1ccc(Br)cc1Cl)c1ccc(Br)cc1. The second kappa shape index (κ2) is 6.89. The molecule has 0 aliphatic rings. The third-order valence-electron chi connectivity index (χ3n) is 3.06. The quantitative estimate of drug-likeness (QED) is 0.724.